The highest BCUT2D eigenvalue weighted by Gasteiger charge is 2.30. The topological polar surface area (TPSA) is 111 Å². The molecule has 0 saturated heterocycles. The minimum atomic E-state index is -3.81. The molecule has 1 aliphatic heterocycles. The van der Waals surface area contributed by atoms with Crippen molar-refractivity contribution in [3.63, 3.8) is 0 Å². The fourth-order valence-corrected chi connectivity index (χ4v) is 4.75. The number of ether oxygens (including phenoxy) is 2. The quantitative estimate of drug-likeness (QED) is 0.696. The molecular formula is C21H24N2O6S. The molecule has 0 unspecified atom stereocenters. The van der Waals surface area contributed by atoms with E-state index in [2.05, 4.69) is 10.6 Å². The molecule has 9 heteroatoms. The first-order chi connectivity index (χ1) is 14.2. The van der Waals surface area contributed by atoms with Crippen molar-refractivity contribution in [2.24, 2.45) is 0 Å². The van der Waals surface area contributed by atoms with Gasteiger partial charge >= 0.3 is 0 Å². The number of benzene rings is 2. The van der Waals surface area contributed by atoms with E-state index in [9.17, 15) is 18.0 Å². The average Bonchev–Trinajstić information content (AvgIpc) is 2.68. The van der Waals surface area contributed by atoms with Crippen LogP contribution in [-0.2, 0) is 19.4 Å². The maximum atomic E-state index is 13.1. The van der Waals surface area contributed by atoms with Gasteiger partial charge in [-0.2, -0.15) is 0 Å². The summed E-state index contributed by atoms with van der Waals surface area (Å²) in [5.74, 6) is 0.0851. The minimum Gasteiger partial charge on any atom is -0.492 e. The third-order valence-electron chi connectivity index (χ3n) is 4.68. The molecule has 0 spiro atoms. The summed E-state index contributed by atoms with van der Waals surface area (Å²) in [4.78, 5) is 24.0. The Hall–Kier alpha value is -3.07. The molecule has 2 aromatic rings. The van der Waals surface area contributed by atoms with Gasteiger partial charge < -0.3 is 20.1 Å². The third-order valence-corrected chi connectivity index (χ3v) is 6.96. The van der Waals surface area contributed by atoms with Gasteiger partial charge in [-0.25, -0.2) is 8.42 Å². The number of aryl methyl sites for hydroxylation is 1. The van der Waals surface area contributed by atoms with Crippen molar-refractivity contribution in [3.05, 3.63) is 42.0 Å². The van der Waals surface area contributed by atoms with Crippen molar-refractivity contribution in [2.75, 3.05) is 23.8 Å². The lowest BCUT2D eigenvalue weighted by Gasteiger charge is -2.21. The predicted octanol–water partition coefficient (Wildman–Crippen LogP) is 2.92. The predicted molar refractivity (Wildman–Crippen MR) is 113 cm³/mol. The highest BCUT2D eigenvalue weighted by molar-refractivity contribution is 7.92. The van der Waals surface area contributed by atoms with Crippen molar-refractivity contribution < 1.29 is 27.5 Å². The van der Waals surface area contributed by atoms with Crippen LogP contribution in [0.4, 0.5) is 11.4 Å². The van der Waals surface area contributed by atoms with Crippen LogP contribution in [0.5, 0.6) is 11.5 Å². The number of nitrogens with one attached hydrogen (secondary N) is 2. The zero-order valence-corrected chi connectivity index (χ0v) is 17.8. The Morgan fingerprint density at radius 2 is 2.03 bits per heavy atom. The second-order valence-electron chi connectivity index (χ2n) is 6.99. The van der Waals surface area contributed by atoms with Crippen molar-refractivity contribution in [2.45, 2.75) is 37.3 Å². The number of amides is 2. The number of rotatable bonds is 7. The number of anilines is 2. The van der Waals surface area contributed by atoms with Gasteiger partial charge in [-0.05, 0) is 44.5 Å². The molecular weight excluding hydrogens is 408 g/mol. The van der Waals surface area contributed by atoms with E-state index in [1.54, 1.807) is 37.3 Å². The van der Waals surface area contributed by atoms with E-state index < -0.39 is 21.0 Å². The Labute approximate surface area is 175 Å². The molecule has 160 valence electrons. The molecule has 2 N–H and O–H groups in total. The van der Waals surface area contributed by atoms with E-state index in [0.717, 1.165) is 0 Å². The van der Waals surface area contributed by atoms with Gasteiger partial charge in [-0.15, -0.1) is 0 Å². The normalized spacial score (nSPS) is 14.2. The van der Waals surface area contributed by atoms with Crippen LogP contribution in [0.25, 0.3) is 0 Å². The molecule has 0 saturated carbocycles. The molecule has 2 amide bonds. The molecule has 1 aliphatic rings. The summed E-state index contributed by atoms with van der Waals surface area (Å²) in [5, 5.41) is 4.40. The van der Waals surface area contributed by atoms with Gasteiger partial charge in [0.25, 0.3) is 5.91 Å². The zero-order chi connectivity index (χ0) is 21.9. The molecule has 0 aliphatic carbocycles. The minimum absolute atomic E-state index is 0.0763. The molecule has 0 bridgehead atoms. The maximum Gasteiger partial charge on any atom is 0.262 e. The summed E-state index contributed by atoms with van der Waals surface area (Å²) in [6, 6.07) is 9.93. The lowest BCUT2D eigenvalue weighted by Crippen LogP contribution is -2.27. The molecule has 1 atom stereocenters. The molecule has 0 radical (unpaired) electrons. The van der Waals surface area contributed by atoms with Crippen molar-refractivity contribution >= 4 is 33.0 Å². The molecule has 0 aromatic heterocycles. The summed E-state index contributed by atoms with van der Waals surface area (Å²) in [6.07, 6.45) is -0.225. The summed E-state index contributed by atoms with van der Waals surface area (Å²) in [7, 11) is -3.81. The van der Waals surface area contributed by atoms with Crippen molar-refractivity contribution in [1.82, 2.24) is 0 Å². The number of fused-ring (bicyclic) bond motifs is 1. The van der Waals surface area contributed by atoms with Crippen LogP contribution in [-0.4, -0.2) is 38.7 Å². The molecule has 8 nitrogen and oxygen atoms in total. The van der Waals surface area contributed by atoms with Crippen molar-refractivity contribution in [3.8, 4) is 11.5 Å². The Morgan fingerprint density at radius 3 is 2.77 bits per heavy atom. The van der Waals surface area contributed by atoms with Crippen LogP contribution >= 0.6 is 0 Å². The fraction of sp³-hybridized carbons (Fsp3) is 0.333. The Morgan fingerprint density at radius 1 is 1.30 bits per heavy atom. The fourth-order valence-electron chi connectivity index (χ4n) is 3.16. The first-order valence-electron chi connectivity index (χ1n) is 9.55. The van der Waals surface area contributed by atoms with Crippen LogP contribution in [0.2, 0.25) is 0 Å². The standard InChI is InChI=1S/C21H24N2O6S/c1-4-28-17-8-6-5-7-15(17)22-20(24)10-14(3)30(26,27)19-11-18-16(9-13(19)2)23-21(25)12-29-18/h5-9,11,14H,4,10,12H2,1-3H3,(H,22,24)(H,23,25)/t14-/m0/s1. The van der Waals surface area contributed by atoms with Gasteiger partial charge in [0.15, 0.2) is 16.4 Å². The summed E-state index contributed by atoms with van der Waals surface area (Å²) >= 11 is 0. The van der Waals surface area contributed by atoms with Gasteiger partial charge in [-0.1, -0.05) is 12.1 Å². The highest BCUT2D eigenvalue weighted by Crippen LogP contribution is 2.34. The summed E-state index contributed by atoms with van der Waals surface area (Å²) in [5.41, 5.74) is 1.39. The number of hydrogen-bond donors (Lipinski definition) is 2. The van der Waals surface area contributed by atoms with E-state index in [1.807, 2.05) is 6.92 Å². The lowest BCUT2D eigenvalue weighted by atomic mass is 10.2. The van der Waals surface area contributed by atoms with E-state index in [4.69, 9.17) is 9.47 Å². The highest BCUT2D eigenvalue weighted by atomic mass is 32.2. The SMILES string of the molecule is CCOc1ccccc1NC(=O)C[C@H](C)S(=O)(=O)c1cc2c(cc1C)NC(=O)CO2. The Kier molecular flexibility index (Phi) is 6.31. The Bertz CT molecular complexity index is 1080. The van der Waals surface area contributed by atoms with Crippen LogP contribution in [0, 0.1) is 6.92 Å². The monoisotopic (exact) mass is 432 g/mol. The molecule has 30 heavy (non-hydrogen) atoms. The largest absolute Gasteiger partial charge is 0.492 e. The summed E-state index contributed by atoms with van der Waals surface area (Å²) < 4.78 is 37.0. The van der Waals surface area contributed by atoms with Crippen LogP contribution < -0.4 is 20.1 Å². The van der Waals surface area contributed by atoms with E-state index in [1.165, 1.54) is 13.0 Å². The van der Waals surface area contributed by atoms with Gasteiger partial charge in [0.2, 0.25) is 5.91 Å². The number of para-hydroxylation sites is 2. The third kappa shape index (κ3) is 4.56. The molecule has 1 heterocycles. The maximum absolute atomic E-state index is 13.1. The van der Waals surface area contributed by atoms with Gasteiger partial charge in [0.05, 0.1) is 28.1 Å². The first-order valence-corrected chi connectivity index (χ1v) is 11.1. The molecule has 2 aromatic carbocycles. The van der Waals surface area contributed by atoms with Crippen molar-refractivity contribution in [1.29, 1.82) is 0 Å². The molecule has 0 fully saturated rings. The first kappa shape index (κ1) is 21.6. The zero-order valence-electron chi connectivity index (χ0n) is 17.0. The summed E-state index contributed by atoms with van der Waals surface area (Å²) in [6.45, 7) is 5.23. The van der Waals surface area contributed by atoms with Gasteiger partial charge in [0, 0.05) is 12.5 Å². The van der Waals surface area contributed by atoms with Crippen LogP contribution in [0.3, 0.4) is 0 Å². The van der Waals surface area contributed by atoms with E-state index >= 15 is 0 Å². The van der Waals surface area contributed by atoms with Gasteiger partial charge in [-0.3, -0.25) is 9.59 Å². The van der Waals surface area contributed by atoms with Crippen LogP contribution in [0.1, 0.15) is 25.8 Å². The number of carbonyl (C=O) groups excluding carboxylic acids is 2. The lowest BCUT2D eigenvalue weighted by molar-refractivity contribution is -0.118. The average molecular weight is 432 g/mol. The number of hydrogen-bond acceptors (Lipinski definition) is 6. The van der Waals surface area contributed by atoms with E-state index in [0.29, 0.717) is 35.0 Å². The van der Waals surface area contributed by atoms with Crippen LogP contribution in [0.15, 0.2) is 41.3 Å². The smallest absolute Gasteiger partial charge is 0.262 e. The second-order valence-corrected chi connectivity index (χ2v) is 9.32. The Balaban J connectivity index is 1.77. The number of carbonyl (C=O) groups is 2. The molecule has 3 rings (SSSR count). The van der Waals surface area contributed by atoms with Gasteiger partial charge in [0.1, 0.15) is 11.5 Å². The second kappa shape index (κ2) is 8.74. The van der Waals surface area contributed by atoms with E-state index in [-0.39, 0.29) is 23.8 Å². The number of sulfone groups is 1.